The molecular formula is C5H12ClNO. The van der Waals surface area contributed by atoms with Crippen molar-refractivity contribution in [2.45, 2.75) is 26.3 Å². The van der Waals surface area contributed by atoms with E-state index in [1.165, 1.54) is 0 Å². The molecule has 0 rings (SSSR count). The van der Waals surface area contributed by atoms with E-state index >= 15 is 0 Å². The van der Waals surface area contributed by atoms with Crippen molar-refractivity contribution in [2.24, 2.45) is 5.73 Å². The highest BCUT2D eigenvalue weighted by atomic mass is 35.5. The van der Waals surface area contributed by atoms with Gasteiger partial charge in [0.15, 0.2) is 0 Å². The molecule has 0 aliphatic carbocycles. The van der Waals surface area contributed by atoms with Crippen molar-refractivity contribution < 1.29 is 4.79 Å². The van der Waals surface area contributed by atoms with Crippen molar-refractivity contribution in [3.63, 3.8) is 0 Å². The van der Waals surface area contributed by atoms with Crippen LogP contribution in [0.25, 0.3) is 0 Å². The van der Waals surface area contributed by atoms with Crippen molar-refractivity contribution in [3.05, 3.63) is 0 Å². The van der Waals surface area contributed by atoms with E-state index in [-0.39, 0.29) is 24.2 Å². The molecule has 0 aromatic heterocycles. The number of Topliss-reactive ketones (excluding diaryl/α,β-unsaturated/α-hetero) is 1. The minimum Gasteiger partial charge on any atom is -0.328 e. The summed E-state index contributed by atoms with van der Waals surface area (Å²) in [5.74, 6) is 0.162. The van der Waals surface area contributed by atoms with Gasteiger partial charge >= 0.3 is 0 Å². The number of carbonyl (C=O) groups excluding carboxylic acids is 1. The van der Waals surface area contributed by atoms with Crippen LogP contribution in [-0.4, -0.2) is 11.8 Å². The van der Waals surface area contributed by atoms with Crippen molar-refractivity contribution in [3.8, 4) is 0 Å². The predicted octanol–water partition coefficient (Wildman–Crippen LogP) is 0.734. The first-order valence-corrected chi connectivity index (χ1v) is 2.38. The van der Waals surface area contributed by atoms with E-state index in [0.29, 0.717) is 6.42 Å². The molecule has 0 fully saturated rings. The highest BCUT2D eigenvalue weighted by Gasteiger charge is 1.95. The summed E-state index contributed by atoms with van der Waals surface area (Å²) in [7, 11) is 0. The Bertz CT molecular complexity index is 72.8. The largest absolute Gasteiger partial charge is 0.328 e. The van der Waals surface area contributed by atoms with Crippen molar-refractivity contribution >= 4 is 18.2 Å². The molecule has 0 radical (unpaired) electrons. The number of halogens is 1. The van der Waals surface area contributed by atoms with E-state index in [2.05, 4.69) is 0 Å². The fraction of sp³-hybridized carbons (Fsp3) is 0.800. The lowest BCUT2D eigenvalue weighted by Gasteiger charge is -1.96. The van der Waals surface area contributed by atoms with Crippen LogP contribution in [0.3, 0.4) is 0 Å². The zero-order valence-electron chi connectivity index (χ0n) is 5.18. The van der Waals surface area contributed by atoms with Crippen LogP contribution in [0.2, 0.25) is 0 Å². The Morgan fingerprint density at radius 2 is 2.12 bits per heavy atom. The molecule has 0 saturated heterocycles. The summed E-state index contributed by atoms with van der Waals surface area (Å²) in [5, 5.41) is 0. The Morgan fingerprint density at radius 1 is 1.75 bits per heavy atom. The van der Waals surface area contributed by atoms with Gasteiger partial charge in [-0.15, -0.1) is 12.4 Å². The molecular weight excluding hydrogens is 126 g/mol. The summed E-state index contributed by atoms with van der Waals surface area (Å²) >= 11 is 0. The van der Waals surface area contributed by atoms with Gasteiger partial charge in [0.1, 0.15) is 5.78 Å². The van der Waals surface area contributed by atoms with Crippen molar-refractivity contribution in [1.29, 1.82) is 0 Å². The van der Waals surface area contributed by atoms with Crippen LogP contribution in [-0.2, 0) is 4.79 Å². The molecule has 0 aliphatic heterocycles. The van der Waals surface area contributed by atoms with E-state index in [1.807, 2.05) is 6.92 Å². The minimum atomic E-state index is 0. The summed E-state index contributed by atoms with van der Waals surface area (Å²) < 4.78 is 0. The lowest BCUT2D eigenvalue weighted by Crippen LogP contribution is -2.17. The second kappa shape index (κ2) is 5.06. The fourth-order valence-corrected chi connectivity index (χ4v) is 0.453. The molecule has 2 nitrogen and oxygen atoms in total. The normalized spacial score (nSPS) is 11.9. The summed E-state index contributed by atoms with van der Waals surface area (Å²) in [6, 6.07) is 0.0255. The fourth-order valence-electron chi connectivity index (χ4n) is 0.453. The average Bonchev–Trinajstić information content (AvgIpc) is 1.27. The number of ketones is 1. The van der Waals surface area contributed by atoms with E-state index in [1.54, 1.807) is 6.92 Å². The molecule has 8 heavy (non-hydrogen) atoms. The zero-order valence-corrected chi connectivity index (χ0v) is 5.99. The second-order valence-electron chi connectivity index (χ2n) is 1.88. The molecule has 50 valence electrons. The van der Waals surface area contributed by atoms with Gasteiger partial charge in [0.2, 0.25) is 0 Å². The third-order valence-corrected chi connectivity index (χ3v) is 0.609. The molecule has 3 heteroatoms. The van der Waals surface area contributed by atoms with Gasteiger partial charge in [-0.2, -0.15) is 0 Å². The Balaban J connectivity index is 0. The van der Waals surface area contributed by atoms with Crippen LogP contribution in [0.15, 0.2) is 0 Å². The molecule has 0 unspecified atom stereocenters. The molecule has 0 heterocycles. The average molecular weight is 138 g/mol. The second-order valence-corrected chi connectivity index (χ2v) is 1.88. The quantitative estimate of drug-likeness (QED) is 0.610. The van der Waals surface area contributed by atoms with Crippen LogP contribution in [0.5, 0.6) is 0 Å². The van der Waals surface area contributed by atoms with Gasteiger partial charge in [-0.25, -0.2) is 0 Å². The number of hydrogen-bond acceptors (Lipinski definition) is 2. The van der Waals surface area contributed by atoms with E-state index in [0.717, 1.165) is 0 Å². The topological polar surface area (TPSA) is 43.1 Å². The molecule has 1 atom stereocenters. The van der Waals surface area contributed by atoms with Gasteiger partial charge in [0.05, 0.1) is 0 Å². The summed E-state index contributed by atoms with van der Waals surface area (Å²) in [5.41, 5.74) is 5.27. The maximum absolute atomic E-state index is 10.2. The molecule has 0 aliphatic rings. The number of rotatable bonds is 2. The van der Waals surface area contributed by atoms with Crippen LogP contribution in [0.4, 0.5) is 0 Å². The lowest BCUT2D eigenvalue weighted by atomic mass is 10.2. The molecule has 0 aromatic carbocycles. The molecule has 2 N–H and O–H groups in total. The summed E-state index contributed by atoms with van der Waals surface area (Å²) in [6.45, 7) is 3.37. The van der Waals surface area contributed by atoms with Gasteiger partial charge in [0.25, 0.3) is 0 Å². The Kier molecular flexibility index (Phi) is 6.85. The molecule has 0 saturated carbocycles. The van der Waals surface area contributed by atoms with Crippen molar-refractivity contribution in [1.82, 2.24) is 0 Å². The van der Waals surface area contributed by atoms with Gasteiger partial charge in [0, 0.05) is 12.5 Å². The van der Waals surface area contributed by atoms with Crippen LogP contribution in [0.1, 0.15) is 20.3 Å². The SMILES string of the molecule is CC(=O)C[C@@H](C)N.Cl. The number of nitrogens with two attached hydrogens (primary N) is 1. The first-order chi connectivity index (χ1) is 3.13. The van der Waals surface area contributed by atoms with Gasteiger partial charge < -0.3 is 5.73 Å². The smallest absolute Gasteiger partial charge is 0.131 e. The third-order valence-electron chi connectivity index (χ3n) is 0.609. The molecule has 0 amide bonds. The molecule has 0 bridgehead atoms. The Hall–Kier alpha value is -0.0800. The first-order valence-electron chi connectivity index (χ1n) is 2.38. The first kappa shape index (κ1) is 10.8. The molecule has 0 spiro atoms. The standard InChI is InChI=1S/C5H11NO.ClH/c1-4(6)3-5(2)7;/h4H,3,6H2,1-2H3;1H/t4-;/m1./s1. The maximum Gasteiger partial charge on any atom is 0.131 e. The van der Waals surface area contributed by atoms with Crippen LogP contribution < -0.4 is 5.73 Å². The molecule has 0 aromatic rings. The van der Waals surface area contributed by atoms with Gasteiger partial charge in [-0.3, -0.25) is 4.79 Å². The van der Waals surface area contributed by atoms with E-state index in [4.69, 9.17) is 5.73 Å². The highest BCUT2D eigenvalue weighted by Crippen LogP contribution is 1.84. The predicted molar refractivity (Wildman–Crippen MR) is 36.2 cm³/mol. The lowest BCUT2D eigenvalue weighted by molar-refractivity contribution is -0.117. The number of carbonyl (C=O) groups is 1. The Labute approximate surface area is 55.9 Å². The van der Waals surface area contributed by atoms with Gasteiger partial charge in [-0.05, 0) is 13.8 Å². The van der Waals surface area contributed by atoms with Crippen LogP contribution in [0, 0.1) is 0 Å². The highest BCUT2D eigenvalue weighted by molar-refractivity contribution is 5.85. The van der Waals surface area contributed by atoms with Crippen LogP contribution >= 0.6 is 12.4 Å². The van der Waals surface area contributed by atoms with E-state index < -0.39 is 0 Å². The summed E-state index contributed by atoms with van der Waals surface area (Å²) in [6.07, 6.45) is 0.500. The zero-order chi connectivity index (χ0) is 5.86. The summed E-state index contributed by atoms with van der Waals surface area (Å²) in [4.78, 5) is 10.2. The minimum absolute atomic E-state index is 0. The van der Waals surface area contributed by atoms with E-state index in [9.17, 15) is 4.79 Å². The van der Waals surface area contributed by atoms with Crippen molar-refractivity contribution in [2.75, 3.05) is 0 Å². The van der Waals surface area contributed by atoms with Gasteiger partial charge in [-0.1, -0.05) is 0 Å². The Morgan fingerprint density at radius 3 is 2.12 bits per heavy atom. The maximum atomic E-state index is 10.2. The number of hydrogen-bond donors (Lipinski definition) is 1. The monoisotopic (exact) mass is 137 g/mol. The third kappa shape index (κ3) is 9.33.